The van der Waals surface area contributed by atoms with Crippen molar-refractivity contribution in [3.63, 3.8) is 0 Å². The first-order valence-corrected chi connectivity index (χ1v) is 8.25. The molecule has 1 unspecified atom stereocenters. The second-order valence-electron chi connectivity index (χ2n) is 5.75. The van der Waals surface area contributed by atoms with E-state index in [-0.39, 0.29) is 5.84 Å². The van der Waals surface area contributed by atoms with Crippen molar-refractivity contribution in [3.05, 3.63) is 28.2 Å². The summed E-state index contributed by atoms with van der Waals surface area (Å²) in [5.74, 6) is 0.155. The molecule has 114 valence electrons. The van der Waals surface area contributed by atoms with E-state index < -0.39 is 0 Å². The molecule has 2 aliphatic rings. The van der Waals surface area contributed by atoms with E-state index >= 15 is 0 Å². The minimum Gasteiger partial charge on any atom is -0.409 e. The summed E-state index contributed by atoms with van der Waals surface area (Å²) in [5, 5.41) is 12.2. The van der Waals surface area contributed by atoms with Gasteiger partial charge >= 0.3 is 0 Å². The summed E-state index contributed by atoms with van der Waals surface area (Å²) in [6.45, 7) is 4.49. The van der Waals surface area contributed by atoms with Crippen molar-refractivity contribution in [1.29, 1.82) is 0 Å². The van der Waals surface area contributed by atoms with Crippen LogP contribution >= 0.6 is 15.9 Å². The van der Waals surface area contributed by atoms with Crippen molar-refractivity contribution in [2.75, 3.05) is 31.1 Å². The third-order valence-electron chi connectivity index (χ3n) is 4.52. The molecule has 0 aliphatic carbocycles. The van der Waals surface area contributed by atoms with Crippen molar-refractivity contribution in [2.45, 2.75) is 25.3 Å². The SMILES string of the molecule is N/C(=N/O)c1c(Br)cccc1N1CCC(N2CCCC2)C1. The largest absolute Gasteiger partial charge is 0.409 e. The predicted octanol–water partition coefficient (Wildman–Crippen LogP) is 2.22. The van der Waals surface area contributed by atoms with Crippen LogP contribution in [0.25, 0.3) is 0 Å². The maximum atomic E-state index is 9.02. The van der Waals surface area contributed by atoms with Crippen molar-refractivity contribution in [2.24, 2.45) is 10.9 Å². The highest BCUT2D eigenvalue weighted by atomic mass is 79.9. The van der Waals surface area contributed by atoms with Crippen molar-refractivity contribution in [1.82, 2.24) is 4.90 Å². The average Bonchev–Trinajstić information content (AvgIpc) is 3.16. The Kier molecular flexibility index (Phi) is 4.35. The number of oxime groups is 1. The number of benzene rings is 1. The topological polar surface area (TPSA) is 65.1 Å². The van der Waals surface area contributed by atoms with Gasteiger partial charge in [0.15, 0.2) is 5.84 Å². The van der Waals surface area contributed by atoms with E-state index in [0.29, 0.717) is 6.04 Å². The van der Waals surface area contributed by atoms with Crippen LogP contribution < -0.4 is 10.6 Å². The van der Waals surface area contributed by atoms with Crippen molar-refractivity contribution in [3.8, 4) is 0 Å². The van der Waals surface area contributed by atoms with Crippen LogP contribution in [0.2, 0.25) is 0 Å². The first kappa shape index (κ1) is 14.7. The molecule has 1 aromatic carbocycles. The van der Waals surface area contributed by atoms with Gasteiger partial charge in [0.05, 0.1) is 5.56 Å². The van der Waals surface area contributed by atoms with Gasteiger partial charge in [0.25, 0.3) is 0 Å². The van der Waals surface area contributed by atoms with Gasteiger partial charge in [-0.3, -0.25) is 4.90 Å². The Balaban J connectivity index is 1.83. The highest BCUT2D eigenvalue weighted by Gasteiger charge is 2.30. The van der Waals surface area contributed by atoms with E-state index in [0.717, 1.165) is 28.8 Å². The van der Waals surface area contributed by atoms with E-state index in [1.807, 2.05) is 18.2 Å². The molecule has 2 aliphatic heterocycles. The number of anilines is 1. The summed E-state index contributed by atoms with van der Waals surface area (Å²) in [4.78, 5) is 4.95. The lowest BCUT2D eigenvalue weighted by Gasteiger charge is -2.26. The molecule has 0 bridgehead atoms. The molecular weight excluding hydrogens is 332 g/mol. The lowest BCUT2D eigenvalue weighted by molar-refractivity contribution is 0.260. The van der Waals surface area contributed by atoms with Gasteiger partial charge in [-0.2, -0.15) is 0 Å². The first-order valence-electron chi connectivity index (χ1n) is 7.46. The Bertz CT molecular complexity index is 542. The van der Waals surface area contributed by atoms with E-state index in [9.17, 15) is 0 Å². The number of amidine groups is 1. The van der Waals surface area contributed by atoms with Gasteiger partial charge in [0.1, 0.15) is 0 Å². The monoisotopic (exact) mass is 352 g/mol. The molecule has 0 amide bonds. The zero-order valence-corrected chi connectivity index (χ0v) is 13.6. The third-order valence-corrected chi connectivity index (χ3v) is 5.18. The van der Waals surface area contributed by atoms with E-state index in [4.69, 9.17) is 10.9 Å². The summed E-state index contributed by atoms with van der Waals surface area (Å²) in [5.41, 5.74) is 7.68. The number of nitrogens with zero attached hydrogens (tertiary/aromatic N) is 3. The summed E-state index contributed by atoms with van der Waals surface area (Å²) in [6.07, 6.45) is 3.83. The summed E-state index contributed by atoms with van der Waals surface area (Å²) >= 11 is 3.51. The first-order chi connectivity index (χ1) is 10.2. The molecule has 1 atom stereocenters. The zero-order chi connectivity index (χ0) is 14.8. The lowest BCUT2D eigenvalue weighted by Crippen LogP contribution is -2.35. The molecule has 2 heterocycles. The molecule has 0 radical (unpaired) electrons. The van der Waals surface area contributed by atoms with Gasteiger partial charge in [-0.15, -0.1) is 0 Å². The number of halogens is 1. The predicted molar refractivity (Wildman–Crippen MR) is 88.1 cm³/mol. The minimum absolute atomic E-state index is 0.155. The fourth-order valence-corrected chi connectivity index (χ4v) is 4.00. The minimum atomic E-state index is 0.155. The smallest absolute Gasteiger partial charge is 0.173 e. The second kappa shape index (κ2) is 6.23. The molecular formula is C15H21BrN4O. The average molecular weight is 353 g/mol. The molecule has 6 heteroatoms. The standard InChI is InChI=1S/C15H21BrN4O/c16-12-4-3-5-13(14(12)15(17)18-21)20-9-6-11(10-20)19-7-1-2-8-19/h3-5,11,21H,1-2,6-10H2,(H2,17,18). The van der Waals surface area contributed by atoms with Crippen LogP contribution in [0.3, 0.4) is 0 Å². The third kappa shape index (κ3) is 2.87. The van der Waals surface area contributed by atoms with Gasteiger partial charge in [-0.25, -0.2) is 0 Å². The second-order valence-corrected chi connectivity index (χ2v) is 6.61. The van der Waals surface area contributed by atoms with Crippen LogP contribution in [0.1, 0.15) is 24.8 Å². The summed E-state index contributed by atoms with van der Waals surface area (Å²) in [6, 6.07) is 6.60. The molecule has 0 spiro atoms. The van der Waals surface area contributed by atoms with Gasteiger partial charge in [0.2, 0.25) is 0 Å². The number of nitrogens with two attached hydrogens (primary N) is 1. The van der Waals surface area contributed by atoms with E-state index in [1.165, 1.54) is 32.4 Å². The van der Waals surface area contributed by atoms with E-state index in [1.54, 1.807) is 0 Å². The Labute approximate surface area is 133 Å². The normalized spacial score (nSPS) is 24.0. The molecule has 5 nitrogen and oxygen atoms in total. The molecule has 3 rings (SSSR count). The zero-order valence-electron chi connectivity index (χ0n) is 12.0. The van der Waals surface area contributed by atoms with Crippen LogP contribution in [0.15, 0.2) is 27.8 Å². The highest BCUT2D eigenvalue weighted by Crippen LogP contribution is 2.31. The molecule has 2 saturated heterocycles. The van der Waals surface area contributed by atoms with Crippen LogP contribution in [0.4, 0.5) is 5.69 Å². The summed E-state index contributed by atoms with van der Waals surface area (Å²) in [7, 11) is 0. The van der Waals surface area contributed by atoms with Crippen molar-refractivity contribution < 1.29 is 5.21 Å². The van der Waals surface area contributed by atoms with Crippen LogP contribution in [0, 0.1) is 0 Å². The summed E-state index contributed by atoms with van der Waals surface area (Å²) < 4.78 is 0.861. The number of hydrogen-bond donors (Lipinski definition) is 2. The molecule has 0 saturated carbocycles. The van der Waals surface area contributed by atoms with Gasteiger partial charge < -0.3 is 15.8 Å². The Morgan fingerprint density at radius 1 is 1.29 bits per heavy atom. The molecule has 0 aromatic heterocycles. The van der Waals surface area contributed by atoms with Crippen LogP contribution in [-0.2, 0) is 0 Å². The van der Waals surface area contributed by atoms with Crippen LogP contribution in [-0.4, -0.2) is 48.2 Å². The molecule has 1 aromatic rings. The van der Waals surface area contributed by atoms with Gasteiger partial charge in [0, 0.05) is 29.3 Å². The molecule has 2 fully saturated rings. The number of rotatable bonds is 3. The fraction of sp³-hybridized carbons (Fsp3) is 0.533. The fourth-order valence-electron chi connectivity index (χ4n) is 3.45. The number of hydrogen-bond acceptors (Lipinski definition) is 4. The van der Waals surface area contributed by atoms with E-state index in [2.05, 4.69) is 30.9 Å². The van der Waals surface area contributed by atoms with Crippen LogP contribution in [0.5, 0.6) is 0 Å². The Morgan fingerprint density at radius 3 is 2.76 bits per heavy atom. The van der Waals surface area contributed by atoms with Crippen molar-refractivity contribution >= 4 is 27.5 Å². The maximum absolute atomic E-state index is 9.02. The maximum Gasteiger partial charge on any atom is 0.173 e. The molecule has 21 heavy (non-hydrogen) atoms. The highest BCUT2D eigenvalue weighted by molar-refractivity contribution is 9.10. The Hall–Kier alpha value is -1.27. The molecule has 3 N–H and O–H groups in total. The van der Waals surface area contributed by atoms with Gasteiger partial charge in [-0.05, 0) is 60.4 Å². The lowest BCUT2D eigenvalue weighted by atomic mass is 10.1. The quantitative estimate of drug-likeness (QED) is 0.379. The Morgan fingerprint density at radius 2 is 2.05 bits per heavy atom. The number of likely N-dealkylation sites (tertiary alicyclic amines) is 1. The van der Waals surface area contributed by atoms with Gasteiger partial charge in [-0.1, -0.05) is 11.2 Å².